The van der Waals surface area contributed by atoms with Gasteiger partial charge in [0.15, 0.2) is 0 Å². The van der Waals surface area contributed by atoms with E-state index in [9.17, 15) is 8.42 Å². The van der Waals surface area contributed by atoms with Gasteiger partial charge in [-0.1, -0.05) is 24.3 Å². The zero-order valence-corrected chi connectivity index (χ0v) is 11.8. The summed E-state index contributed by atoms with van der Waals surface area (Å²) in [7, 11) is -3.63. The highest BCUT2D eigenvalue weighted by Gasteiger charge is 2.27. The van der Waals surface area contributed by atoms with Crippen molar-refractivity contribution >= 4 is 16.2 Å². The van der Waals surface area contributed by atoms with E-state index in [1.54, 1.807) is 6.92 Å². The Morgan fingerprint density at radius 2 is 2.05 bits per heavy atom. The summed E-state index contributed by atoms with van der Waals surface area (Å²) in [6.45, 7) is 2.53. The molecule has 2 heterocycles. The molecule has 106 valence electrons. The molecule has 2 N–H and O–H groups in total. The van der Waals surface area contributed by atoms with Crippen LogP contribution in [0.1, 0.15) is 17.0 Å². The monoisotopic (exact) mass is 293 g/mol. The van der Waals surface area contributed by atoms with E-state index in [0.717, 1.165) is 5.56 Å². The molecule has 0 atom stereocenters. The number of nitrogens with one attached hydrogen (secondary N) is 2. The van der Waals surface area contributed by atoms with Gasteiger partial charge in [0.25, 0.3) is 5.95 Å². The third-order valence-corrected chi connectivity index (χ3v) is 4.69. The first kappa shape index (κ1) is 13.1. The Hall–Kier alpha value is -1.93. The van der Waals surface area contributed by atoms with Crippen LogP contribution in [0, 0.1) is 6.92 Å². The number of fused-ring (bicyclic) bond motifs is 1. The highest BCUT2D eigenvalue weighted by molar-refractivity contribution is 7.90. The number of hydrogen-bond acceptors (Lipinski definition) is 4. The van der Waals surface area contributed by atoms with Crippen LogP contribution >= 0.6 is 0 Å². The number of aromatic amines is 1. The maximum atomic E-state index is 12.3. The summed E-state index contributed by atoms with van der Waals surface area (Å²) in [5.41, 5.74) is 2.24. The summed E-state index contributed by atoms with van der Waals surface area (Å²) < 4.78 is 28.4. The molecule has 0 spiro atoms. The zero-order chi connectivity index (χ0) is 14.2. The first-order chi connectivity index (χ1) is 9.54. The average molecular weight is 293 g/mol. The molecule has 20 heavy (non-hydrogen) atoms. The summed E-state index contributed by atoms with van der Waals surface area (Å²) in [6.07, 6.45) is 0.712. The molecular formula is C12H15N5O2S. The number of aromatic nitrogens is 3. The Balaban J connectivity index is 1.79. The average Bonchev–Trinajstić information content (AvgIpc) is 2.83. The van der Waals surface area contributed by atoms with Gasteiger partial charge in [0.05, 0.1) is 0 Å². The molecule has 1 aromatic heterocycles. The lowest BCUT2D eigenvalue weighted by Crippen LogP contribution is -2.39. The number of anilines is 1. The van der Waals surface area contributed by atoms with E-state index >= 15 is 0 Å². The third kappa shape index (κ3) is 2.52. The van der Waals surface area contributed by atoms with E-state index in [1.165, 1.54) is 9.87 Å². The summed E-state index contributed by atoms with van der Waals surface area (Å²) in [4.78, 5) is 3.95. The van der Waals surface area contributed by atoms with Crippen LogP contribution in [0.3, 0.4) is 0 Å². The molecule has 1 aromatic carbocycles. The molecule has 0 amide bonds. The lowest BCUT2D eigenvalue weighted by Gasteiger charge is -2.27. The Labute approximate surface area is 117 Å². The maximum Gasteiger partial charge on any atom is 0.304 e. The van der Waals surface area contributed by atoms with Crippen molar-refractivity contribution in [3.8, 4) is 0 Å². The Bertz CT molecular complexity index is 725. The van der Waals surface area contributed by atoms with Crippen LogP contribution in [-0.2, 0) is 23.2 Å². The predicted molar refractivity (Wildman–Crippen MR) is 74.2 cm³/mol. The summed E-state index contributed by atoms with van der Waals surface area (Å²) in [6, 6.07) is 7.87. The molecule has 0 bridgehead atoms. The molecule has 1 aliphatic heterocycles. The fraction of sp³-hybridized carbons (Fsp3) is 0.333. The zero-order valence-electron chi connectivity index (χ0n) is 11.0. The number of benzene rings is 1. The van der Waals surface area contributed by atoms with Gasteiger partial charge >= 0.3 is 10.2 Å². The fourth-order valence-electron chi connectivity index (χ4n) is 2.24. The van der Waals surface area contributed by atoms with Crippen LogP contribution in [0.4, 0.5) is 5.95 Å². The van der Waals surface area contributed by atoms with Crippen LogP contribution in [0.15, 0.2) is 24.3 Å². The molecule has 0 saturated heterocycles. The van der Waals surface area contributed by atoms with Crippen molar-refractivity contribution in [1.29, 1.82) is 0 Å². The van der Waals surface area contributed by atoms with Crippen molar-refractivity contribution in [2.45, 2.75) is 19.9 Å². The standard InChI is InChI=1S/C12H15N5O2S/c1-9-13-12(15-14-9)16-20(18,19)17-7-6-10-4-2-3-5-11(10)8-17/h2-5H,6-8H2,1H3,(H2,13,14,15,16). The number of H-pyrrole nitrogens is 1. The lowest BCUT2D eigenvalue weighted by molar-refractivity contribution is 0.394. The molecule has 0 saturated carbocycles. The first-order valence-corrected chi connectivity index (χ1v) is 7.72. The van der Waals surface area contributed by atoms with Gasteiger partial charge in [0.1, 0.15) is 5.82 Å². The Kier molecular flexibility index (Phi) is 3.19. The van der Waals surface area contributed by atoms with Crippen molar-refractivity contribution in [2.75, 3.05) is 11.3 Å². The molecule has 0 aliphatic carbocycles. The molecular weight excluding hydrogens is 278 g/mol. The van der Waals surface area contributed by atoms with Crippen LogP contribution in [-0.4, -0.2) is 34.4 Å². The lowest BCUT2D eigenvalue weighted by atomic mass is 10.0. The largest absolute Gasteiger partial charge is 0.304 e. The molecule has 0 fully saturated rings. The minimum atomic E-state index is -3.63. The van der Waals surface area contributed by atoms with Crippen molar-refractivity contribution in [2.24, 2.45) is 0 Å². The predicted octanol–water partition coefficient (Wildman–Crippen LogP) is 0.828. The SMILES string of the molecule is Cc1nc(NS(=O)(=O)N2CCc3ccccc3C2)n[nH]1. The topological polar surface area (TPSA) is 91.0 Å². The molecule has 3 rings (SSSR count). The van der Waals surface area contributed by atoms with Gasteiger partial charge < -0.3 is 0 Å². The van der Waals surface area contributed by atoms with Gasteiger partial charge in [-0.2, -0.15) is 17.7 Å². The minimum Gasteiger partial charge on any atom is -0.261 e. The Morgan fingerprint density at radius 1 is 1.30 bits per heavy atom. The van der Waals surface area contributed by atoms with Crippen molar-refractivity contribution in [1.82, 2.24) is 19.5 Å². The second-order valence-corrected chi connectivity index (χ2v) is 6.37. The van der Waals surface area contributed by atoms with Gasteiger partial charge in [-0.25, -0.2) is 4.72 Å². The Morgan fingerprint density at radius 3 is 2.75 bits per heavy atom. The molecule has 1 aliphatic rings. The van der Waals surface area contributed by atoms with Crippen LogP contribution in [0.25, 0.3) is 0 Å². The van der Waals surface area contributed by atoms with Gasteiger partial charge in [-0.3, -0.25) is 5.10 Å². The van der Waals surface area contributed by atoms with Crippen LogP contribution < -0.4 is 4.72 Å². The number of nitrogens with zero attached hydrogens (tertiary/aromatic N) is 3. The van der Waals surface area contributed by atoms with E-state index in [2.05, 4.69) is 19.9 Å². The quantitative estimate of drug-likeness (QED) is 0.877. The van der Waals surface area contributed by atoms with E-state index < -0.39 is 10.2 Å². The van der Waals surface area contributed by atoms with Gasteiger partial charge in [0, 0.05) is 13.1 Å². The van der Waals surface area contributed by atoms with Gasteiger partial charge in [-0.05, 0) is 24.5 Å². The third-order valence-electron chi connectivity index (χ3n) is 3.25. The molecule has 8 heteroatoms. The van der Waals surface area contributed by atoms with Crippen molar-refractivity contribution in [3.05, 3.63) is 41.2 Å². The van der Waals surface area contributed by atoms with Crippen LogP contribution in [0.2, 0.25) is 0 Å². The molecule has 0 unspecified atom stereocenters. The summed E-state index contributed by atoms with van der Waals surface area (Å²) in [5, 5.41) is 6.39. The van der Waals surface area contributed by atoms with Crippen molar-refractivity contribution < 1.29 is 8.42 Å². The second kappa shape index (κ2) is 4.88. The normalized spacial score (nSPS) is 15.8. The van der Waals surface area contributed by atoms with E-state index in [4.69, 9.17) is 0 Å². The first-order valence-electron chi connectivity index (χ1n) is 6.28. The molecule has 7 nitrogen and oxygen atoms in total. The summed E-state index contributed by atoms with van der Waals surface area (Å²) in [5.74, 6) is 0.632. The highest BCUT2D eigenvalue weighted by atomic mass is 32.2. The highest BCUT2D eigenvalue weighted by Crippen LogP contribution is 2.21. The molecule has 0 radical (unpaired) electrons. The van der Waals surface area contributed by atoms with E-state index in [1.807, 2.05) is 24.3 Å². The number of aryl methyl sites for hydroxylation is 1. The van der Waals surface area contributed by atoms with E-state index in [0.29, 0.717) is 25.3 Å². The number of hydrogen-bond donors (Lipinski definition) is 2. The van der Waals surface area contributed by atoms with Gasteiger partial charge in [-0.15, -0.1) is 5.10 Å². The second-order valence-electron chi connectivity index (χ2n) is 4.70. The minimum absolute atomic E-state index is 0.0707. The van der Waals surface area contributed by atoms with Crippen molar-refractivity contribution in [3.63, 3.8) is 0 Å². The number of rotatable bonds is 3. The van der Waals surface area contributed by atoms with Gasteiger partial charge in [0.2, 0.25) is 0 Å². The fourth-order valence-corrected chi connectivity index (χ4v) is 3.34. The van der Waals surface area contributed by atoms with E-state index in [-0.39, 0.29) is 5.95 Å². The summed E-state index contributed by atoms with van der Waals surface area (Å²) >= 11 is 0. The maximum absolute atomic E-state index is 12.3. The molecule has 2 aromatic rings. The smallest absolute Gasteiger partial charge is 0.261 e. The van der Waals surface area contributed by atoms with Crippen LogP contribution in [0.5, 0.6) is 0 Å².